The van der Waals surface area contributed by atoms with Gasteiger partial charge in [0.1, 0.15) is 6.10 Å². The molecular formula is C42H81NO4. The average molecular weight is 664 g/mol. The Morgan fingerprint density at radius 3 is 1.26 bits per heavy atom. The molecule has 0 radical (unpaired) electrons. The minimum atomic E-state index is -1.16. The van der Waals surface area contributed by atoms with Crippen molar-refractivity contribution in [3.63, 3.8) is 0 Å². The zero-order valence-electron chi connectivity index (χ0n) is 31.4. The Morgan fingerprint density at radius 2 is 0.851 bits per heavy atom. The van der Waals surface area contributed by atoms with Crippen molar-refractivity contribution >= 4 is 5.91 Å². The maximum absolute atomic E-state index is 12.4. The second-order valence-corrected chi connectivity index (χ2v) is 14.2. The summed E-state index contributed by atoms with van der Waals surface area (Å²) in [7, 11) is 0. The van der Waals surface area contributed by atoms with E-state index in [1.54, 1.807) is 0 Å². The first-order valence-corrected chi connectivity index (χ1v) is 20.6. The fraction of sp³-hybridized carbons (Fsp3) is 0.881. The van der Waals surface area contributed by atoms with Gasteiger partial charge in [-0.25, -0.2) is 0 Å². The van der Waals surface area contributed by atoms with Crippen molar-refractivity contribution in [1.29, 1.82) is 0 Å². The number of hydrogen-bond donors (Lipinski definition) is 4. The second-order valence-electron chi connectivity index (χ2n) is 14.2. The van der Waals surface area contributed by atoms with Crippen molar-refractivity contribution in [3.8, 4) is 0 Å². The Kier molecular flexibility index (Phi) is 36.7. The van der Waals surface area contributed by atoms with Gasteiger partial charge in [-0.3, -0.25) is 4.79 Å². The van der Waals surface area contributed by atoms with Gasteiger partial charge in [-0.15, -0.1) is 0 Å². The number of aliphatic hydroxyl groups excluding tert-OH is 3. The van der Waals surface area contributed by atoms with Crippen LogP contribution in [0.1, 0.15) is 213 Å². The predicted molar refractivity (Wildman–Crippen MR) is 204 cm³/mol. The van der Waals surface area contributed by atoms with Crippen molar-refractivity contribution in [1.82, 2.24) is 5.32 Å². The Hall–Kier alpha value is -1.17. The quantitative estimate of drug-likeness (QED) is 0.0393. The number of carbonyl (C=O) groups excluding carboxylic acids is 1. The molecule has 0 aromatic rings. The lowest BCUT2D eigenvalue weighted by Gasteiger charge is -2.26. The highest BCUT2D eigenvalue weighted by Crippen LogP contribution is 2.15. The SMILES string of the molecule is CCCCCC/C=C\CCCCCCCCCC(=O)NC(CO)C(O)C(O)CCC/C=C/CCCCCCCCCCCCCCC. The number of allylic oxidation sites excluding steroid dienone is 4. The van der Waals surface area contributed by atoms with Crippen LogP contribution in [-0.4, -0.2) is 46.1 Å². The third kappa shape index (κ3) is 33.1. The Labute approximate surface area is 292 Å². The van der Waals surface area contributed by atoms with Gasteiger partial charge in [-0.2, -0.15) is 0 Å². The van der Waals surface area contributed by atoms with Crippen LogP contribution in [0.3, 0.4) is 0 Å². The molecule has 0 aliphatic carbocycles. The molecule has 0 rings (SSSR count). The minimum Gasteiger partial charge on any atom is -0.394 e. The van der Waals surface area contributed by atoms with Crippen molar-refractivity contribution in [2.24, 2.45) is 0 Å². The van der Waals surface area contributed by atoms with E-state index in [4.69, 9.17) is 0 Å². The van der Waals surface area contributed by atoms with Gasteiger partial charge in [0.05, 0.1) is 18.8 Å². The molecule has 5 heteroatoms. The number of amides is 1. The van der Waals surface area contributed by atoms with Gasteiger partial charge >= 0.3 is 0 Å². The molecule has 0 spiro atoms. The normalized spacial score (nSPS) is 13.9. The van der Waals surface area contributed by atoms with E-state index in [2.05, 4.69) is 43.5 Å². The first kappa shape index (κ1) is 45.8. The van der Waals surface area contributed by atoms with Crippen LogP contribution in [0.2, 0.25) is 0 Å². The van der Waals surface area contributed by atoms with Gasteiger partial charge in [-0.05, 0) is 64.2 Å². The van der Waals surface area contributed by atoms with Gasteiger partial charge in [0.2, 0.25) is 5.91 Å². The first-order valence-electron chi connectivity index (χ1n) is 20.6. The largest absolute Gasteiger partial charge is 0.394 e. The summed E-state index contributed by atoms with van der Waals surface area (Å²) in [6, 6.07) is -0.825. The van der Waals surface area contributed by atoms with E-state index in [0.717, 1.165) is 38.5 Å². The highest BCUT2D eigenvalue weighted by molar-refractivity contribution is 5.76. The van der Waals surface area contributed by atoms with Gasteiger partial charge in [0, 0.05) is 6.42 Å². The maximum Gasteiger partial charge on any atom is 0.220 e. The zero-order valence-corrected chi connectivity index (χ0v) is 31.4. The van der Waals surface area contributed by atoms with Crippen LogP contribution in [0.5, 0.6) is 0 Å². The zero-order chi connectivity index (χ0) is 34.5. The van der Waals surface area contributed by atoms with Crippen molar-refractivity contribution in [3.05, 3.63) is 24.3 Å². The lowest BCUT2D eigenvalue weighted by Crippen LogP contribution is -2.50. The molecule has 5 nitrogen and oxygen atoms in total. The number of nitrogens with one attached hydrogen (secondary N) is 1. The summed E-state index contributed by atoms with van der Waals surface area (Å²) in [5.41, 5.74) is 0. The molecule has 0 heterocycles. The van der Waals surface area contributed by atoms with E-state index in [1.807, 2.05) is 0 Å². The van der Waals surface area contributed by atoms with Crippen molar-refractivity contribution < 1.29 is 20.1 Å². The molecule has 3 atom stereocenters. The van der Waals surface area contributed by atoms with Gasteiger partial charge < -0.3 is 20.6 Å². The Morgan fingerprint density at radius 1 is 0.511 bits per heavy atom. The molecule has 0 bridgehead atoms. The fourth-order valence-electron chi connectivity index (χ4n) is 6.27. The van der Waals surface area contributed by atoms with Crippen molar-refractivity contribution in [2.45, 2.75) is 231 Å². The minimum absolute atomic E-state index is 0.159. The summed E-state index contributed by atoms with van der Waals surface area (Å²) in [6.07, 6.45) is 44.2. The third-order valence-corrected chi connectivity index (χ3v) is 9.53. The second kappa shape index (κ2) is 37.6. The highest BCUT2D eigenvalue weighted by Gasteiger charge is 2.26. The molecule has 0 saturated heterocycles. The lowest BCUT2D eigenvalue weighted by molar-refractivity contribution is -0.124. The molecular weight excluding hydrogens is 582 g/mol. The summed E-state index contributed by atoms with van der Waals surface area (Å²) in [5, 5.41) is 33.4. The Bertz CT molecular complexity index is 694. The Balaban J connectivity index is 3.69. The molecule has 0 aromatic carbocycles. The van der Waals surface area contributed by atoms with E-state index in [1.165, 1.54) is 148 Å². The summed E-state index contributed by atoms with van der Waals surface area (Å²) < 4.78 is 0. The number of carbonyl (C=O) groups is 1. The van der Waals surface area contributed by atoms with Crippen LogP contribution in [0.4, 0.5) is 0 Å². The van der Waals surface area contributed by atoms with Crippen LogP contribution in [0, 0.1) is 0 Å². The van der Waals surface area contributed by atoms with Crippen LogP contribution in [0.25, 0.3) is 0 Å². The molecule has 47 heavy (non-hydrogen) atoms. The molecule has 4 N–H and O–H groups in total. The fourth-order valence-corrected chi connectivity index (χ4v) is 6.27. The van der Waals surface area contributed by atoms with Crippen LogP contribution in [-0.2, 0) is 4.79 Å². The highest BCUT2D eigenvalue weighted by atomic mass is 16.3. The van der Waals surface area contributed by atoms with Crippen LogP contribution >= 0.6 is 0 Å². The number of rotatable bonds is 37. The van der Waals surface area contributed by atoms with E-state index in [9.17, 15) is 20.1 Å². The van der Waals surface area contributed by atoms with E-state index < -0.39 is 18.2 Å². The number of unbranched alkanes of at least 4 members (excludes halogenated alkanes) is 25. The number of hydrogen-bond acceptors (Lipinski definition) is 4. The first-order chi connectivity index (χ1) is 23.1. The molecule has 0 fully saturated rings. The van der Waals surface area contributed by atoms with Crippen molar-refractivity contribution in [2.75, 3.05) is 6.61 Å². The van der Waals surface area contributed by atoms with E-state index in [0.29, 0.717) is 12.8 Å². The number of aliphatic hydroxyl groups is 3. The lowest BCUT2D eigenvalue weighted by atomic mass is 10.0. The topological polar surface area (TPSA) is 89.8 Å². The maximum atomic E-state index is 12.4. The molecule has 1 amide bonds. The average Bonchev–Trinajstić information content (AvgIpc) is 3.07. The van der Waals surface area contributed by atoms with Gasteiger partial charge in [-0.1, -0.05) is 167 Å². The molecule has 0 aliphatic rings. The smallest absolute Gasteiger partial charge is 0.220 e. The van der Waals surface area contributed by atoms with Gasteiger partial charge in [0.25, 0.3) is 0 Å². The molecule has 3 unspecified atom stereocenters. The monoisotopic (exact) mass is 664 g/mol. The van der Waals surface area contributed by atoms with Crippen LogP contribution < -0.4 is 5.32 Å². The summed E-state index contributed by atoms with van der Waals surface area (Å²) in [4.78, 5) is 12.4. The van der Waals surface area contributed by atoms with E-state index in [-0.39, 0.29) is 12.5 Å². The van der Waals surface area contributed by atoms with Gasteiger partial charge in [0.15, 0.2) is 0 Å². The summed E-state index contributed by atoms with van der Waals surface area (Å²) in [5.74, 6) is -0.159. The molecule has 0 aliphatic heterocycles. The molecule has 0 saturated carbocycles. The predicted octanol–water partition coefficient (Wildman–Crippen LogP) is 11.4. The molecule has 0 aromatic heterocycles. The van der Waals surface area contributed by atoms with E-state index >= 15 is 0 Å². The summed E-state index contributed by atoms with van der Waals surface area (Å²) in [6.45, 7) is 4.15. The third-order valence-electron chi connectivity index (χ3n) is 9.53. The standard InChI is InChI=1S/C42H81NO4/c1-3-5-7-9-11-13-15-17-19-20-21-23-24-26-28-30-32-34-36-40(45)42(47)39(38-44)43-41(46)37-35-33-31-29-27-25-22-18-16-14-12-10-8-6-4-2/h14,16,28,30,39-40,42,44-45,47H,3-13,15,17-27,29,31-38H2,1-2H3,(H,43,46)/b16-14-,30-28+. The summed E-state index contributed by atoms with van der Waals surface area (Å²) >= 11 is 0. The van der Waals surface area contributed by atoms with Crippen LogP contribution in [0.15, 0.2) is 24.3 Å². The molecule has 278 valence electrons.